The minimum absolute atomic E-state index is 0.0376. The Bertz CT molecular complexity index is 474. The summed E-state index contributed by atoms with van der Waals surface area (Å²) < 4.78 is 10.9. The largest absolute Gasteiger partial charge is 0.346 e. The Labute approximate surface area is 95.1 Å². The van der Waals surface area contributed by atoms with Crippen molar-refractivity contribution < 1.29 is 19.3 Å². The van der Waals surface area contributed by atoms with Crippen molar-refractivity contribution >= 4 is 24.9 Å². The molecule has 1 aromatic rings. The van der Waals surface area contributed by atoms with E-state index in [9.17, 15) is 14.7 Å². The predicted octanol–water partition coefficient (Wildman–Crippen LogP) is 1.38. The highest BCUT2D eigenvalue weighted by Gasteiger charge is 2.28. The molecule has 0 unspecified atom stereocenters. The van der Waals surface area contributed by atoms with Gasteiger partial charge in [0.2, 0.25) is 0 Å². The smallest absolute Gasteiger partial charge is 0.323 e. The van der Waals surface area contributed by atoms with Crippen LogP contribution in [0.15, 0.2) is 18.2 Å². The highest BCUT2D eigenvalue weighted by molar-refractivity contribution is 7.52. The molecule has 1 aromatic carbocycles. The maximum Gasteiger partial charge on any atom is 0.346 e. The van der Waals surface area contributed by atoms with Gasteiger partial charge >= 0.3 is 7.60 Å². The highest BCUT2D eigenvalue weighted by Crippen LogP contribution is 2.48. The van der Waals surface area contributed by atoms with Gasteiger partial charge in [-0.2, -0.15) is 0 Å². The lowest BCUT2D eigenvalue weighted by Crippen LogP contribution is -2.10. The molecule has 0 saturated heterocycles. The summed E-state index contributed by atoms with van der Waals surface area (Å²) in [6.07, 6.45) is 0. The molecule has 0 saturated carbocycles. The zero-order valence-corrected chi connectivity index (χ0v) is 9.43. The Kier molecular flexibility index (Phi) is 3.67. The van der Waals surface area contributed by atoms with Gasteiger partial charge < -0.3 is 15.5 Å². The molecule has 88 valence electrons. The Morgan fingerprint density at radius 2 is 2.06 bits per heavy atom. The number of nitro benzene ring substituents is 1. The normalized spacial score (nSPS) is 13.5. The first-order valence-electron chi connectivity index (χ1n) is 3.98. The van der Waals surface area contributed by atoms with Crippen molar-refractivity contribution in [2.45, 2.75) is 5.78 Å². The lowest BCUT2D eigenvalue weighted by molar-refractivity contribution is -0.384. The SMILES string of the molecule is N[C@@H](c1ccc(Cl)c([N+](=O)[O-])c1)P(=O)(O)O. The standard InChI is InChI=1S/C7H8ClN2O5P/c8-5-2-1-4(3-6(5)10(11)12)7(9)16(13,14)15/h1-3,7H,9H2,(H2,13,14,15)/t7-/m1/s1. The molecule has 1 rings (SSSR count). The quantitative estimate of drug-likeness (QED) is 0.431. The van der Waals surface area contributed by atoms with Gasteiger partial charge in [0.25, 0.3) is 5.69 Å². The van der Waals surface area contributed by atoms with Gasteiger partial charge in [-0.05, 0) is 11.6 Å². The topological polar surface area (TPSA) is 127 Å². The van der Waals surface area contributed by atoms with Crippen molar-refractivity contribution in [3.8, 4) is 0 Å². The van der Waals surface area contributed by atoms with Gasteiger partial charge in [0, 0.05) is 6.07 Å². The van der Waals surface area contributed by atoms with Gasteiger partial charge in [-0.25, -0.2) is 0 Å². The van der Waals surface area contributed by atoms with Crippen LogP contribution in [0.1, 0.15) is 11.3 Å². The molecule has 16 heavy (non-hydrogen) atoms. The van der Waals surface area contributed by atoms with Crippen LogP contribution < -0.4 is 5.73 Å². The molecule has 0 heterocycles. The molecule has 9 heteroatoms. The Hall–Kier alpha value is -0.980. The molecule has 0 radical (unpaired) electrons. The lowest BCUT2D eigenvalue weighted by Gasteiger charge is -2.13. The fourth-order valence-corrected chi connectivity index (χ4v) is 1.78. The van der Waals surface area contributed by atoms with E-state index in [0.717, 1.165) is 6.07 Å². The Morgan fingerprint density at radius 3 is 2.50 bits per heavy atom. The van der Waals surface area contributed by atoms with Crippen molar-refractivity contribution in [1.82, 2.24) is 0 Å². The number of nitrogens with zero attached hydrogens (tertiary/aromatic N) is 1. The molecule has 0 aliphatic rings. The molecule has 0 aliphatic carbocycles. The minimum Gasteiger partial charge on any atom is -0.323 e. The zero-order valence-electron chi connectivity index (χ0n) is 7.78. The van der Waals surface area contributed by atoms with E-state index in [1.165, 1.54) is 12.1 Å². The summed E-state index contributed by atoms with van der Waals surface area (Å²) in [5.74, 6) is -1.59. The van der Waals surface area contributed by atoms with Crippen LogP contribution in [-0.2, 0) is 4.57 Å². The van der Waals surface area contributed by atoms with Crippen LogP contribution in [0.2, 0.25) is 5.02 Å². The van der Waals surface area contributed by atoms with E-state index in [1.54, 1.807) is 0 Å². The molecular weight excluding hydrogens is 259 g/mol. The zero-order chi connectivity index (χ0) is 12.5. The third kappa shape index (κ3) is 2.78. The van der Waals surface area contributed by atoms with Crippen LogP contribution in [0.4, 0.5) is 5.69 Å². The van der Waals surface area contributed by atoms with Crippen molar-refractivity contribution in [3.05, 3.63) is 38.9 Å². The molecule has 0 spiro atoms. The summed E-state index contributed by atoms with van der Waals surface area (Å²) >= 11 is 5.53. The van der Waals surface area contributed by atoms with Crippen molar-refractivity contribution in [3.63, 3.8) is 0 Å². The van der Waals surface area contributed by atoms with Crippen LogP contribution in [0.5, 0.6) is 0 Å². The first kappa shape index (κ1) is 13.1. The lowest BCUT2D eigenvalue weighted by atomic mass is 10.2. The molecule has 0 aliphatic heterocycles. The fraction of sp³-hybridized carbons (Fsp3) is 0.143. The number of hydrogen-bond acceptors (Lipinski definition) is 4. The van der Waals surface area contributed by atoms with E-state index in [4.69, 9.17) is 27.1 Å². The number of rotatable bonds is 3. The van der Waals surface area contributed by atoms with Gasteiger partial charge in [-0.1, -0.05) is 17.7 Å². The second-order valence-corrected chi connectivity index (χ2v) is 5.14. The molecule has 4 N–H and O–H groups in total. The van der Waals surface area contributed by atoms with Gasteiger partial charge in [0.15, 0.2) is 0 Å². The minimum atomic E-state index is -4.53. The summed E-state index contributed by atoms with van der Waals surface area (Å²) in [6.45, 7) is 0. The average molecular weight is 267 g/mol. The molecule has 0 aromatic heterocycles. The van der Waals surface area contributed by atoms with E-state index in [0.29, 0.717) is 0 Å². The molecule has 0 fully saturated rings. The summed E-state index contributed by atoms with van der Waals surface area (Å²) in [5, 5.41) is 10.4. The number of hydrogen-bond donors (Lipinski definition) is 3. The average Bonchev–Trinajstić information content (AvgIpc) is 2.15. The highest BCUT2D eigenvalue weighted by atomic mass is 35.5. The third-order valence-electron chi connectivity index (χ3n) is 1.87. The van der Waals surface area contributed by atoms with Gasteiger partial charge in [0.05, 0.1) is 4.92 Å². The summed E-state index contributed by atoms with van der Waals surface area (Å²) in [7, 11) is -4.53. The van der Waals surface area contributed by atoms with E-state index in [-0.39, 0.29) is 10.6 Å². The monoisotopic (exact) mass is 266 g/mol. The van der Waals surface area contributed by atoms with Crippen LogP contribution >= 0.6 is 19.2 Å². The number of benzene rings is 1. The van der Waals surface area contributed by atoms with Crippen molar-refractivity contribution in [2.24, 2.45) is 5.73 Å². The molecule has 0 bridgehead atoms. The molecule has 0 amide bonds. The summed E-state index contributed by atoms with van der Waals surface area (Å²) in [5.41, 5.74) is 4.78. The van der Waals surface area contributed by atoms with Crippen LogP contribution in [0, 0.1) is 10.1 Å². The van der Waals surface area contributed by atoms with E-state index < -0.39 is 24.0 Å². The number of nitro groups is 1. The number of halogens is 1. The van der Waals surface area contributed by atoms with Gasteiger partial charge in [-0.15, -0.1) is 0 Å². The maximum absolute atomic E-state index is 10.9. The van der Waals surface area contributed by atoms with Crippen LogP contribution in [0.25, 0.3) is 0 Å². The Morgan fingerprint density at radius 1 is 1.50 bits per heavy atom. The van der Waals surface area contributed by atoms with E-state index in [1.807, 2.05) is 0 Å². The van der Waals surface area contributed by atoms with E-state index >= 15 is 0 Å². The van der Waals surface area contributed by atoms with Gasteiger partial charge in [0.1, 0.15) is 10.8 Å². The maximum atomic E-state index is 10.9. The van der Waals surface area contributed by atoms with Crippen LogP contribution in [0.3, 0.4) is 0 Å². The molecular formula is C7H8ClN2O5P. The second-order valence-electron chi connectivity index (χ2n) is 3.00. The summed E-state index contributed by atoms with van der Waals surface area (Å²) in [4.78, 5) is 27.4. The third-order valence-corrected chi connectivity index (χ3v) is 3.21. The first-order valence-corrected chi connectivity index (χ1v) is 6.04. The first-order chi connectivity index (χ1) is 7.23. The van der Waals surface area contributed by atoms with Crippen molar-refractivity contribution in [1.29, 1.82) is 0 Å². The van der Waals surface area contributed by atoms with Crippen LogP contribution in [-0.4, -0.2) is 14.7 Å². The summed E-state index contributed by atoms with van der Waals surface area (Å²) in [6, 6.07) is 3.36. The fourth-order valence-electron chi connectivity index (χ4n) is 1.05. The molecule has 7 nitrogen and oxygen atoms in total. The predicted molar refractivity (Wildman–Crippen MR) is 57.1 cm³/mol. The Balaban J connectivity index is 3.23. The van der Waals surface area contributed by atoms with Crippen molar-refractivity contribution in [2.75, 3.05) is 0 Å². The second kappa shape index (κ2) is 4.48. The molecule has 1 atom stereocenters. The van der Waals surface area contributed by atoms with E-state index in [2.05, 4.69) is 0 Å². The van der Waals surface area contributed by atoms with Gasteiger partial charge in [-0.3, -0.25) is 14.7 Å². The number of nitrogens with two attached hydrogens (primary N) is 1.